The molecule has 1 heterocycles. The fourth-order valence-corrected chi connectivity index (χ4v) is 2.87. The number of benzene rings is 1. The van der Waals surface area contributed by atoms with Crippen molar-refractivity contribution in [2.75, 3.05) is 13.2 Å². The van der Waals surface area contributed by atoms with Gasteiger partial charge in [-0.3, -0.25) is 0 Å². The second-order valence-corrected chi connectivity index (χ2v) is 6.13. The maximum absolute atomic E-state index is 14.3. The van der Waals surface area contributed by atoms with Crippen LogP contribution in [-0.2, 0) is 14.3 Å². The van der Waals surface area contributed by atoms with Crippen molar-refractivity contribution >= 4 is 5.97 Å². The second kappa shape index (κ2) is 9.22. The van der Waals surface area contributed by atoms with Crippen molar-refractivity contribution in [1.29, 1.82) is 5.26 Å². The van der Waals surface area contributed by atoms with Crippen molar-refractivity contribution in [2.24, 2.45) is 5.73 Å². The summed E-state index contributed by atoms with van der Waals surface area (Å²) >= 11 is 0. The number of esters is 1. The van der Waals surface area contributed by atoms with E-state index in [1.54, 1.807) is 6.92 Å². The van der Waals surface area contributed by atoms with E-state index >= 15 is 0 Å². The van der Waals surface area contributed by atoms with Gasteiger partial charge in [-0.2, -0.15) is 9.65 Å². The SMILES string of the molecule is CCCCOc1cc(C2C(C#N)=C(N)OC(C)=C2C(=O)OCC)cc(F)c1F. The molecule has 0 spiro atoms. The third-order valence-corrected chi connectivity index (χ3v) is 4.21. The fraction of sp³-hybridized carbons (Fsp3) is 0.400. The number of hydrogen-bond donors (Lipinski definition) is 1. The molecule has 150 valence electrons. The maximum Gasteiger partial charge on any atom is 0.338 e. The topological polar surface area (TPSA) is 94.6 Å². The highest BCUT2D eigenvalue weighted by Crippen LogP contribution is 2.41. The number of ether oxygens (including phenoxy) is 3. The molecule has 1 aliphatic rings. The van der Waals surface area contributed by atoms with Crippen LogP contribution in [0.1, 0.15) is 45.1 Å². The summed E-state index contributed by atoms with van der Waals surface area (Å²) in [6, 6.07) is 4.06. The molecule has 2 N–H and O–H groups in total. The third-order valence-electron chi connectivity index (χ3n) is 4.21. The summed E-state index contributed by atoms with van der Waals surface area (Å²) in [5, 5.41) is 9.53. The number of hydrogen-bond acceptors (Lipinski definition) is 6. The van der Waals surface area contributed by atoms with Crippen LogP contribution < -0.4 is 10.5 Å². The van der Waals surface area contributed by atoms with Crippen LogP contribution in [0.5, 0.6) is 5.75 Å². The molecular weight excluding hydrogens is 370 g/mol. The summed E-state index contributed by atoms with van der Waals surface area (Å²) in [5.41, 5.74) is 5.83. The number of carbonyl (C=O) groups is 1. The van der Waals surface area contributed by atoms with Gasteiger partial charge in [0.2, 0.25) is 11.7 Å². The molecule has 28 heavy (non-hydrogen) atoms. The molecule has 0 fully saturated rings. The number of halogens is 2. The van der Waals surface area contributed by atoms with E-state index in [1.165, 1.54) is 13.0 Å². The molecule has 1 unspecified atom stereocenters. The highest BCUT2D eigenvalue weighted by atomic mass is 19.2. The molecule has 0 amide bonds. The zero-order valence-corrected chi connectivity index (χ0v) is 16.0. The summed E-state index contributed by atoms with van der Waals surface area (Å²) < 4.78 is 44.1. The van der Waals surface area contributed by atoms with Gasteiger partial charge in [0.05, 0.1) is 24.7 Å². The van der Waals surface area contributed by atoms with E-state index in [2.05, 4.69) is 0 Å². The van der Waals surface area contributed by atoms with E-state index in [-0.39, 0.29) is 47.3 Å². The smallest absolute Gasteiger partial charge is 0.338 e. The lowest BCUT2D eigenvalue weighted by Gasteiger charge is -2.27. The lowest BCUT2D eigenvalue weighted by atomic mass is 9.83. The van der Waals surface area contributed by atoms with Gasteiger partial charge in [0.1, 0.15) is 17.4 Å². The molecule has 1 aromatic carbocycles. The van der Waals surface area contributed by atoms with Gasteiger partial charge in [0.25, 0.3) is 0 Å². The minimum absolute atomic E-state index is 0.00174. The Bertz CT molecular complexity index is 872. The number of unbranched alkanes of at least 4 members (excludes halogenated alkanes) is 1. The lowest BCUT2D eigenvalue weighted by Crippen LogP contribution is -2.25. The molecular formula is C20H22F2N2O4. The van der Waals surface area contributed by atoms with Gasteiger partial charge in [0.15, 0.2) is 11.6 Å². The van der Waals surface area contributed by atoms with Crippen LogP contribution in [0, 0.1) is 23.0 Å². The first kappa shape index (κ1) is 21.2. The van der Waals surface area contributed by atoms with Crippen LogP contribution in [-0.4, -0.2) is 19.2 Å². The summed E-state index contributed by atoms with van der Waals surface area (Å²) in [7, 11) is 0. The van der Waals surface area contributed by atoms with Crippen LogP contribution in [0.2, 0.25) is 0 Å². The molecule has 1 atom stereocenters. The van der Waals surface area contributed by atoms with E-state index in [1.807, 2.05) is 13.0 Å². The molecule has 0 saturated carbocycles. The number of nitrogens with two attached hydrogens (primary N) is 1. The normalized spacial score (nSPS) is 16.5. The molecule has 6 nitrogen and oxygen atoms in total. The average molecular weight is 392 g/mol. The predicted molar refractivity (Wildman–Crippen MR) is 96.7 cm³/mol. The average Bonchev–Trinajstić information content (AvgIpc) is 2.64. The first-order valence-electron chi connectivity index (χ1n) is 8.92. The zero-order valence-electron chi connectivity index (χ0n) is 16.0. The van der Waals surface area contributed by atoms with Crippen molar-refractivity contribution in [3.63, 3.8) is 0 Å². The number of nitrogens with zero attached hydrogens (tertiary/aromatic N) is 1. The molecule has 1 aliphatic heterocycles. The van der Waals surface area contributed by atoms with Gasteiger partial charge in [-0.15, -0.1) is 0 Å². The van der Waals surface area contributed by atoms with Gasteiger partial charge in [-0.1, -0.05) is 13.3 Å². The fourth-order valence-electron chi connectivity index (χ4n) is 2.87. The van der Waals surface area contributed by atoms with E-state index < -0.39 is 23.5 Å². The Balaban J connectivity index is 2.60. The van der Waals surface area contributed by atoms with Crippen molar-refractivity contribution in [3.8, 4) is 11.8 Å². The summed E-state index contributed by atoms with van der Waals surface area (Å²) in [6.07, 6.45) is 1.47. The van der Waals surface area contributed by atoms with Crippen LogP contribution in [0.15, 0.2) is 34.9 Å². The Morgan fingerprint density at radius 1 is 1.36 bits per heavy atom. The minimum Gasteiger partial charge on any atom is -0.490 e. The second-order valence-electron chi connectivity index (χ2n) is 6.13. The van der Waals surface area contributed by atoms with Crippen LogP contribution in [0.3, 0.4) is 0 Å². The van der Waals surface area contributed by atoms with E-state index in [4.69, 9.17) is 19.9 Å². The van der Waals surface area contributed by atoms with E-state index in [0.717, 1.165) is 12.5 Å². The highest BCUT2D eigenvalue weighted by Gasteiger charge is 2.37. The molecule has 8 heteroatoms. The molecule has 0 radical (unpaired) electrons. The number of allylic oxidation sites excluding steroid dienone is 2. The zero-order chi connectivity index (χ0) is 20.8. The Hall–Kier alpha value is -3.08. The molecule has 2 rings (SSSR count). The molecule has 0 saturated heterocycles. The number of carbonyl (C=O) groups excluding carboxylic acids is 1. The molecule has 0 aliphatic carbocycles. The first-order valence-corrected chi connectivity index (χ1v) is 8.92. The summed E-state index contributed by atoms with van der Waals surface area (Å²) in [4.78, 5) is 12.5. The third kappa shape index (κ3) is 4.25. The van der Waals surface area contributed by atoms with Crippen molar-refractivity contribution < 1.29 is 27.8 Å². The van der Waals surface area contributed by atoms with Gasteiger partial charge < -0.3 is 19.9 Å². The summed E-state index contributed by atoms with van der Waals surface area (Å²) in [6.45, 7) is 5.34. The molecule has 0 bridgehead atoms. The predicted octanol–water partition coefficient (Wildman–Crippen LogP) is 3.79. The van der Waals surface area contributed by atoms with Crippen molar-refractivity contribution in [1.82, 2.24) is 0 Å². The largest absolute Gasteiger partial charge is 0.490 e. The van der Waals surface area contributed by atoms with Crippen LogP contribution >= 0.6 is 0 Å². The Kier molecular flexibility index (Phi) is 6.99. The Labute approximate surface area is 162 Å². The number of nitriles is 1. The van der Waals surface area contributed by atoms with Crippen LogP contribution in [0.4, 0.5) is 8.78 Å². The van der Waals surface area contributed by atoms with E-state index in [9.17, 15) is 18.8 Å². The van der Waals surface area contributed by atoms with Crippen LogP contribution in [0.25, 0.3) is 0 Å². The van der Waals surface area contributed by atoms with Crippen molar-refractivity contribution in [3.05, 3.63) is 52.1 Å². The monoisotopic (exact) mass is 392 g/mol. The van der Waals surface area contributed by atoms with Gasteiger partial charge in [-0.25, -0.2) is 9.18 Å². The van der Waals surface area contributed by atoms with Gasteiger partial charge in [-0.05, 0) is 38.0 Å². The Morgan fingerprint density at radius 2 is 2.07 bits per heavy atom. The Morgan fingerprint density at radius 3 is 2.68 bits per heavy atom. The minimum atomic E-state index is -1.16. The van der Waals surface area contributed by atoms with Gasteiger partial charge >= 0.3 is 5.97 Å². The maximum atomic E-state index is 14.3. The molecule has 0 aromatic heterocycles. The lowest BCUT2D eigenvalue weighted by molar-refractivity contribution is -0.139. The quantitative estimate of drug-likeness (QED) is 0.560. The standard InChI is InChI=1S/C20H22F2N2O4/c1-4-6-7-27-15-9-12(8-14(21)18(15)22)17-13(10-23)19(24)28-11(3)16(17)20(25)26-5-2/h8-9,17H,4-7,24H2,1-3H3. The van der Waals surface area contributed by atoms with Gasteiger partial charge in [0, 0.05) is 0 Å². The van der Waals surface area contributed by atoms with Crippen molar-refractivity contribution in [2.45, 2.75) is 39.5 Å². The first-order chi connectivity index (χ1) is 13.3. The number of rotatable bonds is 7. The molecule has 1 aromatic rings. The highest BCUT2D eigenvalue weighted by molar-refractivity contribution is 5.92. The summed E-state index contributed by atoms with van der Waals surface area (Å²) in [5.74, 6) is -4.49. The van der Waals surface area contributed by atoms with E-state index in [0.29, 0.717) is 6.42 Å².